The van der Waals surface area contributed by atoms with Gasteiger partial charge in [-0.2, -0.15) is 0 Å². The molecule has 1 aliphatic heterocycles. The summed E-state index contributed by atoms with van der Waals surface area (Å²) < 4.78 is 0. The van der Waals surface area contributed by atoms with Gasteiger partial charge in [0, 0.05) is 11.4 Å². The Hall–Kier alpha value is -1.69. The lowest BCUT2D eigenvalue weighted by Crippen LogP contribution is -2.43. The van der Waals surface area contributed by atoms with Crippen molar-refractivity contribution >= 4 is 28.7 Å². The number of aryl methyl sites for hydroxylation is 1. The topological polar surface area (TPSA) is 87.7 Å². The lowest BCUT2D eigenvalue weighted by atomic mass is 9.71. The predicted molar refractivity (Wildman–Crippen MR) is 81.1 cm³/mol. The number of fused-ring (bicyclic) bond motifs is 3. The molecule has 2 aliphatic rings. The van der Waals surface area contributed by atoms with E-state index in [1.165, 1.54) is 17.3 Å². The van der Waals surface area contributed by atoms with Gasteiger partial charge >= 0.3 is 6.09 Å². The lowest BCUT2D eigenvalue weighted by molar-refractivity contribution is 0.200. The highest BCUT2D eigenvalue weighted by molar-refractivity contribution is 8.13. The van der Waals surface area contributed by atoms with Crippen LogP contribution in [-0.4, -0.2) is 22.1 Å². The fraction of sp³-hybridized carbons (Fsp3) is 0.429. The lowest BCUT2D eigenvalue weighted by Gasteiger charge is -2.43. The maximum Gasteiger partial charge on any atom is 0.410 e. The first-order chi connectivity index (χ1) is 9.49. The van der Waals surface area contributed by atoms with Gasteiger partial charge in [0.1, 0.15) is 0 Å². The summed E-state index contributed by atoms with van der Waals surface area (Å²) in [4.78, 5) is 15.5. The van der Waals surface area contributed by atoms with Crippen molar-refractivity contribution in [3.05, 3.63) is 29.3 Å². The number of rotatable bonds is 0. The summed E-state index contributed by atoms with van der Waals surface area (Å²) in [5.74, 6) is 1.30. The maximum absolute atomic E-state index is 10.8. The molecule has 0 bridgehead atoms. The van der Waals surface area contributed by atoms with Gasteiger partial charge in [-0.3, -0.25) is 10.3 Å². The molecule has 1 aliphatic carbocycles. The normalized spacial score (nSPS) is 28.1. The summed E-state index contributed by atoms with van der Waals surface area (Å²) in [5.41, 5.74) is 8.66. The average Bonchev–Trinajstić information content (AvgIpc) is 2.38. The van der Waals surface area contributed by atoms with Crippen molar-refractivity contribution in [1.82, 2.24) is 5.32 Å². The molecule has 0 radical (unpaired) electrons. The summed E-state index contributed by atoms with van der Waals surface area (Å²) in [6.45, 7) is 2.08. The van der Waals surface area contributed by atoms with E-state index in [0.717, 1.165) is 29.8 Å². The maximum atomic E-state index is 10.8. The molecule has 0 aromatic heterocycles. The van der Waals surface area contributed by atoms with Crippen LogP contribution in [0.4, 0.5) is 10.5 Å². The van der Waals surface area contributed by atoms with Gasteiger partial charge in [-0.1, -0.05) is 17.8 Å². The third-order valence-electron chi connectivity index (χ3n) is 4.21. The quantitative estimate of drug-likeness (QED) is 0.641. The number of aliphatic imine (C=N–C) groups is 1. The molecule has 0 spiro atoms. The predicted octanol–water partition coefficient (Wildman–Crippen LogP) is 2.42. The SMILES string of the molecule is C[C@]12N=C(NC(=O)O)SC[C@H]1CCc1ccc(N)cc12. The second kappa shape index (κ2) is 4.70. The second-order valence-corrected chi connectivity index (χ2v) is 6.47. The number of amidine groups is 1. The Balaban J connectivity index is 2.07. The van der Waals surface area contributed by atoms with Crippen molar-refractivity contribution in [1.29, 1.82) is 0 Å². The Morgan fingerprint density at radius 1 is 1.60 bits per heavy atom. The molecular formula is C14H17N3O2S. The molecule has 20 heavy (non-hydrogen) atoms. The highest BCUT2D eigenvalue weighted by Gasteiger charge is 2.43. The number of thioether (sulfide) groups is 1. The van der Waals surface area contributed by atoms with Crippen molar-refractivity contribution in [3.63, 3.8) is 0 Å². The van der Waals surface area contributed by atoms with Crippen LogP contribution in [-0.2, 0) is 12.0 Å². The third-order valence-corrected chi connectivity index (χ3v) is 5.24. The number of carbonyl (C=O) groups is 1. The zero-order valence-electron chi connectivity index (χ0n) is 11.2. The Kier molecular flexibility index (Phi) is 3.12. The highest BCUT2D eigenvalue weighted by atomic mass is 32.2. The number of nitrogens with zero attached hydrogens (tertiary/aromatic N) is 1. The zero-order valence-corrected chi connectivity index (χ0v) is 12.0. The van der Waals surface area contributed by atoms with Crippen molar-refractivity contribution in [2.24, 2.45) is 10.9 Å². The molecule has 0 saturated heterocycles. The molecule has 0 saturated carbocycles. The minimum absolute atomic E-state index is 0.383. The largest absolute Gasteiger partial charge is 0.465 e. The van der Waals surface area contributed by atoms with E-state index < -0.39 is 6.09 Å². The second-order valence-electron chi connectivity index (χ2n) is 5.46. The van der Waals surface area contributed by atoms with Crippen LogP contribution in [0.3, 0.4) is 0 Å². The number of anilines is 1. The molecule has 3 rings (SSSR count). The van der Waals surface area contributed by atoms with Gasteiger partial charge in [0.15, 0.2) is 5.17 Å². The van der Waals surface area contributed by atoms with Gasteiger partial charge < -0.3 is 10.8 Å². The van der Waals surface area contributed by atoms with Crippen LogP contribution in [0, 0.1) is 5.92 Å². The van der Waals surface area contributed by atoms with E-state index in [9.17, 15) is 4.79 Å². The summed E-state index contributed by atoms with van der Waals surface area (Å²) in [6, 6.07) is 5.97. The molecular weight excluding hydrogens is 274 g/mol. The van der Waals surface area contributed by atoms with Crippen molar-refractivity contribution in [2.45, 2.75) is 25.3 Å². The molecule has 2 atom stereocenters. The summed E-state index contributed by atoms with van der Waals surface area (Å²) in [7, 11) is 0. The van der Waals surface area contributed by atoms with Crippen molar-refractivity contribution < 1.29 is 9.90 Å². The number of nitrogens with two attached hydrogens (primary N) is 1. The fourth-order valence-corrected chi connectivity index (χ4v) is 4.35. The van der Waals surface area contributed by atoms with Crippen LogP contribution in [0.2, 0.25) is 0 Å². The van der Waals surface area contributed by atoms with Crippen LogP contribution in [0.5, 0.6) is 0 Å². The average molecular weight is 291 g/mol. The Morgan fingerprint density at radius 2 is 2.40 bits per heavy atom. The van der Waals surface area contributed by atoms with Crippen LogP contribution < -0.4 is 11.1 Å². The first kappa shape index (κ1) is 13.3. The fourth-order valence-electron chi connectivity index (χ4n) is 3.09. The van der Waals surface area contributed by atoms with Gasteiger partial charge in [-0.15, -0.1) is 0 Å². The minimum atomic E-state index is -1.07. The van der Waals surface area contributed by atoms with Crippen LogP contribution in [0.15, 0.2) is 23.2 Å². The number of nitrogen functional groups attached to an aromatic ring is 1. The Bertz CT molecular complexity index is 602. The first-order valence-corrected chi connectivity index (χ1v) is 7.59. The molecule has 106 valence electrons. The number of amides is 1. The molecule has 6 heteroatoms. The first-order valence-electron chi connectivity index (χ1n) is 6.60. The molecule has 0 fully saturated rings. The number of hydrogen-bond acceptors (Lipinski definition) is 4. The summed E-state index contributed by atoms with van der Waals surface area (Å²) in [6.07, 6.45) is 1.04. The zero-order chi connectivity index (χ0) is 14.3. The molecule has 1 aromatic rings. The van der Waals surface area contributed by atoms with Crippen LogP contribution in [0.1, 0.15) is 24.5 Å². The number of nitrogens with one attached hydrogen (secondary N) is 1. The van der Waals surface area contributed by atoms with E-state index in [4.69, 9.17) is 15.8 Å². The van der Waals surface area contributed by atoms with E-state index in [1.54, 1.807) is 0 Å². The van der Waals surface area contributed by atoms with E-state index in [0.29, 0.717) is 11.1 Å². The van der Waals surface area contributed by atoms with E-state index in [-0.39, 0.29) is 5.54 Å². The monoisotopic (exact) mass is 291 g/mol. The molecule has 5 nitrogen and oxygen atoms in total. The van der Waals surface area contributed by atoms with Gasteiger partial charge in [-0.25, -0.2) is 4.79 Å². The summed E-state index contributed by atoms with van der Waals surface area (Å²) >= 11 is 1.48. The molecule has 4 N–H and O–H groups in total. The van der Waals surface area contributed by atoms with Gasteiger partial charge in [0.2, 0.25) is 0 Å². The number of hydrogen-bond donors (Lipinski definition) is 3. The summed E-state index contributed by atoms with van der Waals surface area (Å²) in [5, 5.41) is 11.7. The van der Waals surface area contributed by atoms with Gasteiger partial charge in [-0.05, 0) is 48.9 Å². The number of benzene rings is 1. The van der Waals surface area contributed by atoms with Gasteiger partial charge in [0.05, 0.1) is 5.54 Å². The van der Waals surface area contributed by atoms with Gasteiger partial charge in [0.25, 0.3) is 0 Å². The Labute approximate surface area is 121 Å². The highest BCUT2D eigenvalue weighted by Crippen LogP contribution is 2.47. The molecule has 1 amide bonds. The van der Waals surface area contributed by atoms with Crippen molar-refractivity contribution in [2.75, 3.05) is 11.5 Å². The standard InChI is InChI=1S/C14H17N3O2S/c1-14-9(7-20-12(17-14)16-13(18)19)4-2-8-3-5-10(15)6-11(8)14/h3,5-6,9H,2,4,7,15H2,1H3,(H,16,17)(H,18,19)/t9-,14+/m1/s1. The molecule has 1 heterocycles. The number of carboxylic acid groups (broad SMARTS) is 1. The molecule has 0 unspecified atom stereocenters. The third kappa shape index (κ3) is 2.14. The van der Waals surface area contributed by atoms with Crippen LogP contribution >= 0.6 is 11.8 Å². The van der Waals surface area contributed by atoms with E-state index in [2.05, 4.69) is 18.3 Å². The van der Waals surface area contributed by atoms with E-state index in [1.807, 2.05) is 12.1 Å². The minimum Gasteiger partial charge on any atom is -0.465 e. The van der Waals surface area contributed by atoms with Crippen LogP contribution in [0.25, 0.3) is 0 Å². The Morgan fingerprint density at radius 3 is 3.15 bits per heavy atom. The molecule has 1 aromatic carbocycles. The van der Waals surface area contributed by atoms with E-state index >= 15 is 0 Å². The van der Waals surface area contributed by atoms with Crippen molar-refractivity contribution in [3.8, 4) is 0 Å². The smallest absolute Gasteiger partial charge is 0.410 e.